The van der Waals surface area contributed by atoms with E-state index < -0.39 is 0 Å². The van der Waals surface area contributed by atoms with Crippen molar-refractivity contribution in [1.82, 2.24) is 0 Å². The van der Waals surface area contributed by atoms with Crippen molar-refractivity contribution >= 4 is 5.71 Å². The van der Waals surface area contributed by atoms with Crippen LogP contribution in [0.2, 0.25) is 0 Å². The van der Waals surface area contributed by atoms with Crippen molar-refractivity contribution in [2.24, 2.45) is 4.99 Å². The van der Waals surface area contributed by atoms with Gasteiger partial charge < -0.3 is 0 Å². The molecule has 0 N–H and O–H groups in total. The zero-order chi connectivity index (χ0) is 9.56. The highest BCUT2D eigenvalue weighted by Crippen LogP contribution is 2.07. The van der Waals surface area contributed by atoms with Gasteiger partial charge in [-0.3, -0.25) is 4.99 Å². The molecule has 0 amide bonds. The van der Waals surface area contributed by atoms with Gasteiger partial charge in [0.25, 0.3) is 0 Å². The van der Waals surface area contributed by atoms with E-state index >= 15 is 0 Å². The van der Waals surface area contributed by atoms with E-state index in [1.807, 2.05) is 19.9 Å². The maximum absolute atomic E-state index is 4.14. The van der Waals surface area contributed by atoms with Crippen LogP contribution in [0, 0.1) is 0 Å². The van der Waals surface area contributed by atoms with Gasteiger partial charge >= 0.3 is 0 Å². The molecule has 0 aliphatic carbocycles. The molecule has 0 aromatic heterocycles. The maximum Gasteiger partial charge on any atom is 0.0443 e. The minimum absolute atomic E-state index is 1.02. The summed E-state index contributed by atoms with van der Waals surface area (Å²) in [6.45, 7) is 11.7. The van der Waals surface area contributed by atoms with E-state index in [0.29, 0.717) is 0 Å². The maximum atomic E-state index is 4.14. The Morgan fingerprint density at radius 1 is 1.25 bits per heavy atom. The monoisotopic (exact) mass is 163 g/mol. The average molecular weight is 163 g/mol. The first-order valence-electron chi connectivity index (χ1n) is 4.09. The molecular formula is C11H17N. The summed E-state index contributed by atoms with van der Waals surface area (Å²) in [7, 11) is 0. The second kappa shape index (κ2) is 5.53. The lowest BCUT2D eigenvalue weighted by molar-refractivity contribution is 1.34. The van der Waals surface area contributed by atoms with Crippen molar-refractivity contribution in [2.45, 2.75) is 27.7 Å². The minimum atomic E-state index is 1.02. The lowest BCUT2D eigenvalue weighted by Crippen LogP contribution is -1.95. The average Bonchev–Trinajstić information content (AvgIpc) is 1.99. The van der Waals surface area contributed by atoms with E-state index in [0.717, 1.165) is 5.71 Å². The quantitative estimate of drug-likeness (QED) is 0.446. The lowest BCUT2D eigenvalue weighted by Gasteiger charge is -2.02. The van der Waals surface area contributed by atoms with Crippen molar-refractivity contribution < 1.29 is 0 Å². The molecule has 0 rings (SSSR count). The van der Waals surface area contributed by atoms with Crippen molar-refractivity contribution in [3.63, 3.8) is 0 Å². The van der Waals surface area contributed by atoms with Crippen LogP contribution in [0.15, 0.2) is 41.1 Å². The fourth-order valence-electron chi connectivity index (χ4n) is 1.02. The van der Waals surface area contributed by atoms with Crippen molar-refractivity contribution in [1.29, 1.82) is 0 Å². The third-order valence-electron chi connectivity index (χ3n) is 1.55. The highest BCUT2D eigenvalue weighted by atomic mass is 14.7. The first-order chi connectivity index (χ1) is 5.63. The highest BCUT2D eigenvalue weighted by Gasteiger charge is 1.97. The smallest absolute Gasteiger partial charge is 0.0443 e. The Hall–Kier alpha value is -1.11. The van der Waals surface area contributed by atoms with Gasteiger partial charge in [-0.05, 0) is 33.3 Å². The summed E-state index contributed by atoms with van der Waals surface area (Å²) in [5, 5.41) is 0. The summed E-state index contributed by atoms with van der Waals surface area (Å²) in [6.07, 6.45) is 5.66. The fraction of sp³-hybridized carbons (Fsp3) is 0.364. The third-order valence-corrected chi connectivity index (χ3v) is 1.55. The Morgan fingerprint density at radius 2 is 1.83 bits per heavy atom. The molecule has 0 aliphatic rings. The summed E-state index contributed by atoms with van der Waals surface area (Å²) < 4.78 is 0. The molecule has 1 nitrogen and oxygen atoms in total. The summed E-state index contributed by atoms with van der Waals surface area (Å²) in [5.41, 5.74) is 3.48. The fourth-order valence-corrected chi connectivity index (χ4v) is 1.02. The number of hydrogen-bond donors (Lipinski definition) is 0. The summed E-state index contributed by atoms with van der Waals surface area (Å²) in [6, 6.07) is 0. The number of nitrogens with zero attached hydrogens (tertiary/aromatic N) is 1. The second-order valence-electron chi connectivity index (χ2n) is 2.81. The first-order valence-corrected chi connectivity index (χ1v) is 4.09. The van der Waals surface area contributed by atoms with Crippen molar-refractivity contribution in [3.05, 3.63) is 36.1 Å². The van der Waals surface area contributed by atoms with Gasteiger partial charge in [0.1, 0.15) is 0 Å². The van der Waals surface area contributed by atoms with Crippen LogP contribution in [0.1, 0.15) is 27.7 Å². The molecule has 0 aliphatic heterocycles. The van der Waals surface area contributed by atoms with Gasteiger partial charge in [0, 0.05) is 11.9 Å². The van der Waals surface area contributed by atoms with Gasteiger partial charge in [-0.15, -0.1) is 0 Å². The molecule has 0 spiro atoms. The van der Waals surface area contributed by atoms with E-state index in [9.17, 15) is 0 Å². The Bertz CT molecular complexity index is 238. The third kappa shape index (κ3) is 3.33. The van der Waals surface area contributed by atoms with E-state index in [4.69, 9.17) is 0 Å². The van der Waals surface area contributed by atoms with E-state index in [1.54, 1.807) is 6.20 Å². The molecule has 0 fully saturated rings. The van der Waals surface area contributed by atoms with E-state index in [-0.39, 0.29) is 0 Å². The molecule has 1 heteroatoms. The minimum Gasteiger partial charge on any atom is -0.262 e. The number of aliphatic imine (C=N–C) groups is 1. The highest BCUT2D eigenvalue weighted by molar-refractivity contribution is 6.01. The van der Waals surface area contributed by atoms with Crippen LogP contribution in [-0.4, -0.2) is 5.71 Å². The van der Waals surface area contributed by atoms with Crippen LogP contribution in [0.25, 0.3) is 0 Å². The predicted octanol–water partition coefficient (Wildman–Crippen LogP) is 3.50. The standard InChI is InChI=1S/C11H17N/c1-6-8-11(9(3)4)10(5)12-7-2/h6-8H,2H2,1,3-5H3/b8-6-,12-10?. The zero-order valence-corrected chi connectivity index (χ0v) is 8.39. The normalized spacial score (nSPS) is 11.8. The summed E-state index contributed by atoms with van der Waals surface area (Å²) in [5.74, 6) is 0. The SMILES string of the molecule is C=CN=C(C)C(/C=C\C)=C(C)C. The second-order valence-corrected chi connectivity index (χ2v) is 2.81. The van der Waals surface area contributed by atoms with Crippen LogP contribution >= 0.6 is 0 Å². The van der Waals surface area contributed by atoms with Crippen LogP contribution < -0.4 is 0 Å². The molecule has 12 heavy (non-hydrogen) atoms. The van der Waals surface area contributed by atoms with Crippen LogP contribution in [0.4, 0.5) is 0 Å². The number of rotatable bonds is 3. The summed E-state index contributed by atoms with van der Waals surface area (Å²) >= 11 is 0. The molecule has 66 valence electrons. The molecule has 0 unspecified atom stereocenters. The van der Waals surface area contributed by atoms with E-state index in [1.165, 1.54) is 11.1 Å². The molecule has 0 radical (unpaired) electrons. The largest absolute Gasteiger partial charge is 0.262 e. The van der Waals surface area contributed by atoms with Gasteiger partial charge in [-0.1, -0.05) is 24.3 Å². The van der Waals surface area contributed by atoms with E-state index in [2.05, 4.69) is 31.5 Å². The lowest BCUT2D eigenvalue weighted by atomic mass is 10.1. The molecular weight excluding hydrogens is 146 g/mol. The molecule has 0 atom stereocenters. The Labute approximate surface area is 75.2 Å². The van der Waals surface area contributed by atoms with Gasteiger partial charge in [0.05, 0.1) is 0 Å². The van der Waals surface area contributed by atoms with Crippen LogP contribution in [-0.2, 0) is 0 Å². The zero-order valence-electron chi connectivity index (χ0n) is 8.39. The van der Waals surface area contributed by atoms with Gasteiger partial charge in [0.2, 0.25) is 0 Å². The number of allylic oxidation sites excluding steroid dienone is 4. The molecule has 0 heterocycles. The Balaban J connectivity index is 4.90. The van der Waals surface area contributed by atoms with Gasteiger partial charge in [0.15, 0.2) is 0 Å². The van der Waals surface area contributed by atoms with Crippen LogP contribution in [0.3, 0.4) is 0 Å². The Kier molecular flexibility index (Phi) is 5.02. The van der Waals surface area contributed by atoms with Gasteiger partial charge in [-0.2, -0.15) is 0 Å². The van der Waals surface area contributed by atoms with Crippen molar-refractivity contribution in [3.8, 4) is 0 Å². The molecule has 0 saturated heterocycles. The summed E-state index contributed by atoms with van der Waals surface area (Å²) in [4.78, 5) is 4.14. The predicted molar refractivity (Wildman–Crippen MR) is 56.5 cm³/mol. The molecule has 0 saturated carbocycles. The molecule has 0 aromatic rings. The Morgan fingerprint density at radius 3 is 2.17 bits per heavy atom. The first kappa shape index (κ1) is 10.9. The van der Waals surface area contributed by atoms with Crippen molar-refractivity contribution in [2.75, 3.05) is 0 Å². The topological polar surface area (TPSA) is 12.4 Å². The van der Waals surface area contributed by atoms with Crippen LogP contribution in [0.5, 0.6) is 0 Å². The number of hydrogen-bond acceptors (Lipinski definition) is 1. The molecule has 0 aromatic carbocycles. The molecule has 0 bridgehead atoms. The van der Waals surface area contributed by atoms with Gasteiger partial charge in [-0.25, -0.2) is 0 Å².